The second kappa shape index (κ2) is 8.40. The summed E-state index contributed by atoms with van der Waals surface area (Å²) in [6.07, 6.45) is 1.76. The predicted octanol–water partition coefficient (Wildman–Crippen LogP) is 4.93. The van der Waals surface area contributed by atoms with Gasteiger partial charge in [0.15, 0.2) is 11.5 Å². The second-order valence-electron chi connectivity index (χ2n) is 5.47. The summed E-state index contributed by atoms with van der Waals surface area (Å²) in [5, 5.41) is 3.97. The molecule has 3 rings (SSSR count). The molecule has 0 aliphatic heterocycles. The Morgan fingerprint density at radius 2 is 1.88 bits per heavy atom. The number of nitrogens with one attached hydrogen (secondary N) is 1. The first-order valence-electron chi connectivity index (χ1n) is 7.93. The van der Waals surface area contributed by atoms with Crippen LogP contribution in [0.25, 0.3) is 0 Å². The maximum atomic E-state index is 6.00. The summed E-state index contributed by atoms with van der Waals surface area (Å²) in [5.41, 5.74) is 2.09. The molecule has 1 N–H and O–H groups in total. The lowest BCUT2D eigenvalue weighted by Gasteiger charge is -2.13. The third kappa shape index (κ3) is 4.88. The Morgan fingerprint density at radius 1 is 0.960 bits per heavy atom. The molecule has 25 heavy (non-hydrogen) atoms. The van der Waals surface area contributed by atoms with Crippen molar-refractivity contribution in [2.45, 2.75) is 13.2 Å². The van der Waals surface area contributed by atoms with E-state index in [1.165, 1.54) is 0 Å². The van der Waals surface area contributed by atoms with Crippen molar-refractivity contribution >= 4 is 17.4 Å². The Hall–Kier alpha value is -2.72. The summed E-state index contributed by atoms with van der Waals surface area (Å²) < 4.78 is 11.3. The van der Waals surface area contributed by atoms with E-state index in [4.69, 9.17) is 21.1 Å². The van der Waals surface area contributed by atoms with E-state index in [1.54, 1.807) is 13.3 Å². The highest BCUT2D eigenvalue weighted by molar-refractivity contribution is 6.30. The molecule has 1 aromatic heterocycles. The van der Waals surface area contributed by atoms with Crippen LogP contribution >= 0.6 is 11.6 Å². The minimum atomic E-state index is 0.433. The van der Waals surface area contributed by atoms with Gasteiger partial charge in [0.25, 0.3) is 0 Å². The standard InChI is InChI=1S/C20H19ClN2O2/c1-24-19-12-15(13-23-20-7-2-3-10-22-20)8-9-18(19)25-14-16-5-4-6-17(21)11-16/h2-12H,13-14H2,1H3,(H,22,23). The Bertz CT molecular complexity index is 825. The van der Waals surface area contributed by atoms with Gasteiger partial charge in [-0.3, -0.25) is 0 Å². The van der Waals surface area contributed by atoms with Gasteiger partial charge in [-0.05, 0) is 47.5 Å². The van der Waals surface area contributed by atoms with Crippen molar-refractivity contribution in [2.24, 2.45) is 0 Å². The molecular formula is C20H19ClN2O2. The Morgan fingerprint density at radius 3 is 2.64 bits per heavy atom. The number of ether oxygens (including phenoxy) is 2. The number of rotatable bonds is 7. The lowest BCUT2D eigenvalue weighted by molar-refractivity contribution is 0.284. The number of aromatic nitrogens is 1. The number of nitrogens with zero attached hydrogens (tertiary/aromatic N) is 1. The van der Waals surface area contributed by atoms with Gasteiger partial charge in [0, 0.05) is 17.8 Å². The fourth-order valence-corrected chi connectivity index (χ4v) is 2.60. The van der Waals surface area contributed by atoms with Gasteiger partial charge >= 0.3 is 0 Å². The molecule has 0 bridgehead atoms. The first-order chi connectivity index (χ1) is 12.2. The third-order valence-electron chi connectivity index (χ3n) is 3.65. The summed E-state index contributed by atoms with van der Waals surface area (Å²) in [4.78, 5) is 4.25. The summed E-state index contributed by atoms with van der Waals surface area (Å²) in [6.45, 7) is 1.09. The van der Waals surface area contributed by atoms with Crippen molar-refractivity contribution in [1.29, 1.82) is 0 Å². The van der Waals surface area contributed by atoms with Gasteiger partial charge in [-0.2, -0.15) is 0 Å². The van der Waals surface area contributed by atoms with E-state index in [0.717, 1.165) is 16.9 Å². The quantitative estimate of drug-likeness (QED) is 0.653. The molecule has 0 amide bonds. The molecule has 0 radical (unpaired) electrons. The van der Waals surface area contributed by atoms with E-state index in [0.29, 0.717) is 29.7 Å². The van der Waals surface area contributed by atoms with Crippen LogP contribution in [0, 0.1) is 0 Å². The maximum absolute atomic E-state index is 6.00. The van der Waals surface area contributed by atoms with Gasteiger partial charge in [-0.25, -0.2) is 4.98 Å². The van der Waals surface area contributed by atoms with Crippen molar-refractivity contribution in [3.63, 3.8) is 0 Å². The smallest absolute Gasteiger partial charge is 0.161 e. The number of hydrogen-bond acceptors (Lipinski definition) is 4. The van der Waals surface area contributed by atoms with E-state index in [-0.39, 0.29) is 0 Å². The van der Waals surface area contributed by atoms with Crippen LogP contribution in [0.4, 0.5) is 5.82 Å². The molecule has 5 heteroatoms. The van der Waals surface area contributed by atoms with Crippen LogP contribution < -0.4 is 14.8 Å². The Labute approximate surface area is 152 Å². The largest absolute Gasteiger partial charge is 0.493 e. The molecule has 0 aliphatic carbocycles. The van der Waals surface area contributed by atoms with Crippen LogP contribution in [0.5, 0.6) is 11.5 Å². The molecule has 0 atom stereocenters. The van der Waals surface area contributed by atoms with Crippen molar-refractivity contribution in [2.75, 3.05) is 12.4 Å². The van der Waals surface area contributed by atoms with E-state index in [2.05, 4.69) is 10.3 Å². The molecule has 0 saturated heterocycles. The molecule has 0 fully saturated rings. The molecular weight excluding hydrogens is 336 g/mol. The number of halogens is 1. The summed E-state index contributed by atoms with van der Waals surface area (Å²) in [5.74, 6) is 2.23. The van der Waals surface area contributed by atoms with Gasteiger partial charge in [0.1, 0.15) is 12.4 Å². The van der Waals surface area contributed by atoms with Crippen molar-refractivity contribution in [3.05, 3.63) is 83.0 Å². The van der Waals surface area contributed by atoms with Gasteiger partial charge in [-0.15, -0.1) is 0 Å². The van der Waals surface area contributed by atoms with Crippen LogP contribution in [0.3, 0.4) is 0 Å². The number of methoxy groups -OCH3 is 1. The molecule has 128 valence electrons. The topological polar surface area (TPSA) is 43.4 Å². The van der Waals surface area contributed by atoms with Gasteiger partial charge in [0.2, 0.25) is 0 Å². The maximum Gasteiger partial charge on any atom is 0.161 e. The third-order valence-corrected chi connectivity index (χ3v) is 3.89. The van der Waals surface area contributed by atoms with Gasteiger partial charge in [-0.1, -0.05) is 35.9 Å². The molecule has 2 aromatic carbocycles. The number of anilines is 1. The molecule has 0 spiro atoms. The lowest BCUT2D eigenvalue weighted by atomic mass is 10.2. The lowest BCUT2D eigenvalue weighted by Crippen LogP contribution is -2.02. The van der Waals surface area contributed by atoms with E-state index >= 15 is 0 Å². The van der Waals surface area contributed by atoms with E-state index < -0.39 is 0 Å². The second-order valence-corrected chi connectivity index (χ2v) is 5.91. The number of benzene rings is 2. The number of hydrogen-bond donors (Lipinski definition) is 1. The highest BCUT2D eigenvalue weighted by Gasteiger charge is 2.07. The molecule has 4 nitrogen and oxygen atoms in total. The van der Waals surface area contributed by atoms with E-state index in [9.17, 15) is 0 Å². The fraction of sp³-hybridized carbons (Fsp3) is 0.150. The van der Waals surface area contributed by atoms with Crippen LogP contribution in [0.15, 0.2) is 66.9 Å². The average molecular weight is 355 g/mol. The highest BCUT2D eigenvalue weighted by Crippen LogP contribution is 2.29. The van der Waals surface area contributed by atoms with Crippen molar-refractivity contribution in [1.82, 2.24) is 4.98 Å². The molecule has 0 aliphatic rings. The monoisotopic (exact) mass is 354 g/mol. The molecule has 3 aromatic rings. The average Bonchev–Trinajstić information content (AvgIpc) is 2.66. The molecule has 1 heterocycles. The van der Waals surface area contributed by atoms with Crippen molar-refractivity contribution in [3.8, 4) is 11.5 Å². The SMILES string of the molecule is COc1cc(CNc2ccccn2)ccc1OCc1cccc(Cl)c1. The first kappa shape index (κ1) is 17.1. The Kier molecular flexibility index (Phi) is 5.75. The summed E-state index contributed by atoms with van der Waals surface area (Å²) in [7, 11) is 1.64. The minimum absolute atomic E-state index is 0.433. The molecule has 0 saturated carbocycles. The molecule has 0 unspecified atom stereocenters. The van der Waals surface area contributed by atoms with Gasteiger partial charge < -0.3 is 14.8 Å². The van der Waals surface area contributed by atoms with Crippen LogP contribution in [-0.4, -0.2) is 12.1 Å². The zero-order chi connectivity index (χ0) is 17.5. The fourth-order valence-electron chi connectivity index (χ4n) is 2.39. The van der Waals surface area contributed by atoms with Crippen LogP contribution in [0.2, 0.25) is 5.02 Å². The zero-order valence-corrected chi connectivity index (χ0v) is 14.7. The van der Waals surface area contributed by atoms with Crippen LogP contribution in [0.1, 0.15) is 11.1 Å². The zero-order valence-electron chi connectivity index (χ0n) is 13.9. The minimum Gasteiger partial charge on any atom is -0.493 e. The van der Waals surface area contributed by atoms with E-state index in [1.807, 2.05) is 60.7 Å². The highest BCUT2D eigenvalue weighted by atomic mass is 35.5. The number of pyridine rings is 1. The summed E-state index contributed by atoms with van der Waals surface area (Å²) >= 11 is 6.00. The van der Waals surface area contributed by atoms with Gasteiger partial charge in [0.05, 0.1) is 7.11 Å². The summed E-state index contributed by atoms with van der Waals surface area (Å²) in [6, 6.07) is 19.3. The van der Waals surface area contributed by atoms with Crippen LogP contribution in [-0.2, 0) is 13.2 Å². The Balaban J connectivity index is 1.65. The van der Waals surface area contributed by atoms with Crippen molar-refractivity contribution < 1.29 is 9.47 Å². The predicted molar refractivity (Wildman–Crippen MR) is 100 cm³/mol. The normalized spacial score (nSPS) is 10.3. The first-order valence-corrected chi connectivity index (χ1v) is 8.31.